The van der Waals surface area contributed by atoms with Gasteiger partial charge in [-0.15, -0.1) is 23.7 Å². The average Bonchev–Trinajstić information content (AvgIpc) is 3.02. The summed E-state index contributed by atoms with van der Waals surface area (Å²) >= 11 is 1.37. The molecule has 1 aromatic heterocycles. The maximum Gasteiger partial charge on any atom is 0.261 e. The second kappa shape index (κ2) is 9.78. The molecule has 0 aromatic carbocycles. The van der Waals surface area contributed by atoms with Crippen molar-refractivity contribution in [3.63, 3.8) is 0 Å². The van der Waals surface area contributed by atoms with E-state index in [-0.39, 0.29) is 24.2 Å². The lowest BCUT2D eigenvalue weighted by Crippen LogP contribution is -2.49. The van der Waals surface area contributed by atoms with Crippen LogP contribution >= 0.6 is 23.7 Å². The van der Waals surface area contributed by atoms with Crippen molar-refractivity contribution in [3.05, 3.63) is 22.4 Å². The molecule has 1 atom stereocenters. The predicted octanol–water partition coefficient (Wildman–Crippen LogP) is 0.310. The molecule has 6 nitrogen and oxygen atoms in total. The lowest BCUT2D eigenvalue weighted by atomic mass is 10.3. The number of piperazine rings is 1. The van der Waals surface area contributed by atoms with Crippen molar-refractivity contribution >= 4 is 35.6 Å². The van der Waals surface area contributed by atoms with Crippen molar-refractivity contribution in [2.45, 2.75) is 13.0 Å². The van der Waals surface area contributed by atoms with E-state index in [9.17, 15) is 9.59 Å². The Labute approximate surface area is 141 Å². The fraction of sp³-hybridized carbons (Fsp3) is 0.571. The second-order valence-corrected chi connectivity index (χ2v) is 6.00. The molecule has 2 heterocycles. The number of carbonyl (C=O) groups is 2. The molecule has 0 spiro atoms. The minimum atomic E-state index is -0.525. The lowest BCUT2D eigenvalue weighted by Gasteiger charge is -2.27. The van der Waals surface area contributed by atoms with Gasteiger partial charge in [0.2, 0.25) is 5.91 Å². The Kier molecular flexibility index (Phi) is 8.40. The Hall–Kier alpha value is -1.15. The molecule has 8 heteroatoms. The van der Waals surface area contributed by atoms with Crippen LogP contribution in [0.5, 0.6) is 0 Å². The molecule has 1 aliphatic heterocycles. The summed E-state index contributed by atoms with van der Waals surface area (Å²) in [5.41, 5.74) is 0. The number of carbonyl (C=O) groups excluding carboxylic acids is 2. The van der Waals surface area contributed by atoms with Crippen LogP contribution in [0.1, 0.15) is 16.6 Å². The minimum Gasteiger partial charge on any atom is -0.353 e. The van der Waals surface area contributed by atoms with Crippen LogP contribution in [-0.4, -0.2) is 62.0 Å². The number of rotatable bonds is 6. The molecular weight excluding hydrogens is 324 g/mol. The third kappa shape index (κ3) is 5.92. The van der Waals surface area contributed by atoms with E-state index in [1.165, 1.54) is 11.3 Å². The van der Waals surface area contributed by atoms with Gasteiger partial charge in [-0.1, -0.05) is 6.07 Å². The first-order valence-corrected chi connectivity index (χ1v) is 8.10. The molecule has 2 rings (SSSR count). The van der Waals surface area contributed by atoms with Gasteiger partial charge in [0.15, 0.2) is 0 Å². The van der Waals surface area contributed by atoms with E-state index in [1.807, 2.05) is 11.4 Å². The number of halogens is 1. The number of hydrogen-bond donors (Lipinski definition) is 3. The maximum atomic E-state index is 11.9. The summed E-state index contributed by atoms with van der Waals surface area (Å²) in [5, 5.41) is 10.7. The normalized spacial score (nSPS) is 16.4. The summed E-state index contributed by atoms with van der Waals surface area (Å²) in [6, 6.07) is 3.04. The molecule has 2 amide bonds. The van der Waals surface area contributed by atoms with Crippen LogP contribution in [-0.2, 0) is 4.79 Å². The topological polar surface area (TPSA) is 73.5 Å². The molecular formula is C14H23ClN4O2S. The number of hydrogen-bond acceptors (Lipinski definition) is 5. The zero-order chi connectivity index (χ0) is 15.1. The van der Waals surface area contributed by atoms with Crippen LogP contribution in [0.2, 0.25) is 0 Å². The van der Waals surface area contributed by atoms with Crippen LogP contribution in [0.25, 0.3) is 0 Å². The molecule has 124 valence electrons. The first-order valence-electron chi connectivity index (χ1n) is 7.22. The van der Waals surface area contributed by atoms with Crippen molar-refractivity contribution in [2.24, 2.45) is 0 Å². The number of amides is 2. The largest absolute Gasteiger partial charge is 0.353 e. The highest BCUT2D eigenvalue weighted by molar-refractivity contribution is 7.12. The van der Waals surface area contributed by atoms with Crippen molar-refractivity contribution < 1.29 is 9.59 Å². The van der Waals surface area contributed by atoms with E-state index in [0.29, 0.717) is 11.4 Å². The van der Waals surface area contributed by atoms with Crippen LogP contribution in [0.15, 0.2) is 17.5 Å². The van der Waals surface area contributed by atoms with Crippen molar-refractivity contribution in [3.8, 4) is 0 Å². The van der Waals surface area contributed by atoms with Crippen LogP contribution in [0, 0.1) is 0 Å². The Morgan fingerprint density at radius 1 is 1.41 bits per heavy atom. The van der Waals surface area contributed by atoms with Crippen molar-refractivity contribution in [1.29, 1.82) is 0 Å². The summed E-state index contributed by atoms with van der Waals surface area (Å²) in [5.74, 6) is -0.343. The van der Waals surface area contributed by atoms with Gasteiger partial charge >= 0.3 is 0 Å². The molecule has 0 aliphatic carbocycles. The molecule has 1 aliphatic rings. The summed E-state index contributed by atoms with van der Waals surface area (Å²) in [6.45, 7) is 7.19. The minimum absolute atomic E-state index is 0. The van der Waals surface area contributed by atoms with Gasteiger partial charge in [0, 0.05) is 39.3 Å². The fourth-order valence-electron chi connectivity index (χ4n) is 2.17. The van der Waals surface area contributed by atoms with Gasteiger partial charge in [-0.3, -0.25) is 14.5 Å². The maximum absolute atomic E-state index is 11.9. The molecule has 0 bridgehead atoms. The number of nitrogens with one attached hydrogen (secondary N) is 3. The third-order valence-corrected chi connectivity index (χ3v) is 4.29. The van der Waals surface area contributed by atoms with E-state index in [1.54, 1.807) is 13.0 Å². The number of nitrogens with zero attached hydrogens (tertiary/aromatic N) is 1. The molecule has 3 N–H and O–H groups in total. The Morgan fingerprint density at radius 2 is 2.14 bits per heavy atom. The molecule has 22 heavy (non-hydrogen) atoms. The van der Waals surface area contributed by atoms with Gasteiger partial charge in [0.25, 0.3) is 5.91 Å². The Bertz CT molecular complexity index is 463. The van der Waals surface area contributed by atoms with Crippen molar-refractivity contribution in [2.75, 3.05) is 39.3 Å². The first-order chi connectivity index (χ1) is 10.2. The first kappa shape index (κ1) is 18.9. The summed E-state index contributed by atoms with van der Waals surface area (Å²) in [4.78, 5) is 26.7. The van der Waals surface area contributed by atoms with Gasteiger partial charge in [-0.2, -0.15) is 0 Å². The average molecular weight is 347 g/mol. The fourth-order valence-corrected chi connectivity index (χ4v) is 2.79. The van der Waals surface area contributed by atoms with Crippen molar-refractivity contribution in [1.82, 2.24) is 20.9 Å². The quantitative estimate of drug-likeness (QED) is 0.693. The van der Waals surface area contributed by atoms with Crippen LogP contribution in [0.3, 0.4) is 0 Å². The Balaban J connectivity index is 0.00000242. The van der Waals surface area contributed by atoms with E-state index < -0.39 is 6.04 Å². The highest BCUT2D eigenvalue weighted by atomic mass is 35.5. The third-order valence-electron chi connectivity index (χ3n) is 3.42. The van der Waals surface area contributed by atoms with Crippen LogP contribution < -0.4 is 16.0 Å². The lowest BCUT2D eigenvalue weighted by molar-refractivity contribution is -0.122. The zero-order valence-corrected chi connectivity index (χ0v) is 14.3. The summed E-state index contributed by atoms with van der Waals surface area (Å²) in [7, 11) is 0. The van der Waals surface area contributed by atoms with E-state index in [2.05, 4.69) is 20.9 Å². The van der Waals surface area contributed by atoms with E-state index >= 15 is 0 Å². The number of thiophene rings is 1. The van der Waals surface area contributed by atoms with Gasteiger partial charge in [-0.25, -0.2) is 0 Å². The summed E-state index contributed by atoms with van der Waals surface area (Å²) < 4.78 is 0. The Morgan fingerprint density at radius 3 is 2.77 bits per heavy atom. The van der Waals surface area contributed by atoms with Gasteiger partial charge in [0.1, 0.15) is 6.04 Å². The zero-order valence-electron chi connectivity index (χ0n) is 12.6. The van der Waals surface area contributed by atoms with Gasteiger partial charge in [0.05, 0.1) is 4.88 Å². The standard InChI is InChI=1S/C14H22N4O2S.ClH/c1-11(17-14(20)12-3-2-10-21-12)13(19)16-6-9-18-7-4-15-5-8-18;/h2-3,10-11,15H,4-9H2,1H3,(H,16,19)(H,17,20);1H. The molecule has 1 unspecified atom stereocenters. The highest BCUT2D eigenvalue weighted by Gasteiger charge is 2.17. The predicted molar refractivity (Wildman–Crippen MR) is 90.8 cm³/mol. The molecule has 0 radical (unpaired) electrons. The molecule has 1 saturated heterocycles. The van der Waals surface area contributed by atoms with Gasteiger partial charge in [-0.05, 0) is 18.4 Å². The molecule has 1 aromatic rings. The van der Waals surface area contributed by atoms with E-state index in [0.717, 1.165) is 32.7 Å². The van der Waals surface area contributed by atoms with E-state index in [4.69, 9.17) is 0 Å². The smallest absolute Gasteiger partial charge is 0.261 e. The monoisotopic (exact) mass is 346 g/mol. The van der Waals surface area contributed by atoms with Gasteiger partial charge < -0.3 is 16.0 Å². The highest BCUT2D eigenvalue weighted by Crippen LogP contribution is 2.08. The molecule has 0 saturated carbocycles. The second-order valence-electron chi connectivity index (χ2n) is 5.06. The molecule has 1 fully saturated rings. The summed E-state index contributed by atoms with van der Waals surface area (Å²) in [6.07, 6.45) is 0. The van der Waals surface area contributed by atoms with Crippen LogP contribution in [0.4, 0.5) is 0 Å². The SMILES string of the molecule is CC(NC(=O)c1cccs1)C(=O)NCCN1CCNCC1.Cl.